The van der Waals surface area contributed by atoms with Crippen molar-refractivity contribution >= 4 is 23.1 Å². The number of benzene rings is 1. The number of non-ortho nitro benzene ring substituents is 1. The minimum Gasteiger partial charge on any atom is -0.370 e. The highest BCUT2D eigenvalue weighted by molar-refractivity contribution is 7.98. The van der Waals surface area contributed by atoms with Gasteiger partial charge in [-0.05, 0) is 19.2 Å². The van der Waals surface area contributed by atoms with E-state index in [1.54, 1.807) is 17.8 Å². The molecule has 0 saturated carbocycles. The average molecular weight is 265 g/mol. The molecule has 0 amide bonds. The number of nitrogens with zero attached hydrogens (tertiary/aromatic N) is 3. The Morgan fingerprint density at radius 3 is 2.78 bits per heavy atom. The number of anilines is 1. The Bertz CT molecular complexity index is 485. The van der Waals surface area contributed by atoms with Crippen LogP contribution < -0.4 is 4.90 Å². The summed E-state index contributed by atoms with van der Waals surface area (Å²) in [5.41, 5.74) is 1.01. The first kappa shape index (κ1) is 14.3. The molecule has 0 saturated heterocycles. The van der Waals surface area contributed by atoms with E-state index in [0.29, 0.717) is 5.56 Å². The molecule has 1 unspecified atom stereocenters. The van der Waals surface area contributed by atoms with E-state index in [1.807, 2.05) is 24.3 Å². The summed E-state index contributed by atoms with van der Waals surface area (Å²) in [7, 11) is 1.89. The maximum absolute atomic E-state index is 10.7. The lowest BCUT2D eigenvalue weighted by atomic mass is 10.1. The normalized spacial score (nSPS) is 11.7. The zero-order valence-corrected chi connectivity index (χ0v) is 11.4. The fourth-order valence-electron chi connectivity index (χ4n) is 1.63. The van der Waals surface area contributed by atoms with Crippen LogP contribution in [-0.2, 0) is 0 Å². The molecule has 0 radical (unpaired) electrons. The van der Waals surface area contributed by atoms with Gasteiger partial charge in [0.2, 0.25) is 0 Å². The van der Waals surface area contributed by atoms with Crippen LogP contribution in [0.5, 0.6) is 0 Å². The maximum Gasteiger partial charge on any atom is 0.270 e. The number of rotatable bonds is 5. The van der Waals surface area contributed by atoms with Crippen LogP contribution in [0.3, 0.4) is 0 Å². The first-order chi connectivity index (χ1) is 8.51. The van der Waals surface area contributed by atoms with Crippen LogP contribution >= 0.6 is 11.8 Å². The van der Waals surface area contributed by atoms with Gasteiger partial charge < -0.3 is 4.90 Å². The van der Waals surface area contributed by atoms with Crippen LogP contribution in [0.15, 0.2) is 18.2 Å². The largest absolute Gasteiger partial charge is 0.370 e. The standard InChI is InChI=1S/C12H15N3O2S/c1-9(8-18-3)14(2)12-5-4-11(15(16)17)6-10(12)7-13/h4-6,9H,8H2,1-3H3. The molecular weight excluding hydrogens is 250 g/mol. The Morgan fingerprint density at radius 2 is 2.28 bits per heavy atom. The van der Waals surface area contributed by atoms with Gasteiger partial charge in [0.1, 0.15) is 6.07 Å². The van der Waals surface area contributed by atoms with Crippen molar-refractivity contribution in [1.29, 1.82) is 5.26 Å². The zero-order valence-electron chi connectivity index (χ0n) is 10.6. The molecule has 1 rings (SSSR count). The first-order valence-corrected chi connectivity index (χ1v) is 6.81. The van der Waals surface area contributed by atoms with Gasteiger partial charge in [-0.15, -0.1) is 0 Å². The molecule has 0 aromatic heterocycles. The van der Waals surface area contributed by atoms with Crippen LogP contribution in [0, 0.1) is 21.4 Å². The SMILES string of the molecule is CSCC(C)N(C)c1ccc([N+](=O)[O-])cc1C#N. The lowest BCUT2D eigenvalue weighted by molar-refractivity contribution is -0.384. The monoisotopic (exact) mass is 265 g/mol. The number of thioether (sulfide) groups is 1. The van der Waals surface area contributed by atoms with Gasteiger partial charge in [0.05, 0.1) is 16.2 Å². The number of nitriles is 1. The summed E-state index contributed by atoms with van der Waals surface area (Å²) in [6.45, 7) is 2.05. The molecule has 1 aromatic carbocycles. The topological polar surface area (TPSA) is 70.2 Å². The van der Waals surface area contributed by atoms with E-state index < -0.39 is 4.92 Å². The predicted molar refractivity (Wildman–Crippen MR) is 74.1 cm³/mol. The van der Waals surface area contributed by atoms with Crippen LogP contribution in [0.25, 0.3) is 0 Å². The highest BCUT2D eigenvalue weighted by atomic mass is 32.2. The lowest BCUT2D eigenvalue weighted by Gasteiger charge is -2.27. The molecule has 0 aliphatic heterocycles. The van der Waals surface area contributed by atoms with Gasteiger partial charge in [-0.25, -0.2) is 0 Å². The van der Waals surface area contributed by atoms with Crippen LogP contribution in [0.1, 0.15) is 12.5 Å². The number of nitro groups is 1. The van der Waals surface area contributed by atoms with E-state index >= 15 is 0 Å². The highest BCUT2D eigenvalue weighted by Crippen LogP contribution is 2.25. The molecule has 1 aromatic rings. The smallest absolute Gasteiger partial charge is 0.270 e. The van der Waals surface area contributed by atoms with Crippen molar-refractivity contribution in [1.82, 2.24) is 0 Å². The van der Waals surface area contributed by atoms with Crippen molar-refractivity contribution in [2.45, 2.75) is 13.0 Å². The van der Waals surface area contributed by atoms with Crippen molar-refractivity contribution in [3.8, 4) is 6.07 Å². The third-order valence-corrected chi connectivity index (χ3v) is 3.58. The zero-order chi connectivity index (χ0) is 13.7. The van der Waals surface area contributed by atoms with Crippen LogP contribution in [-0.4, -0.2) is 30.0 Å². The molecule has 0 spiro atoms. The predicted octanol–water partition coefficient (Wildman–Crippen LogP) is 2.65. The van der Waals surface area contributed by atoms with Gasteiger partial charge in [0.25, 0.3) is 5.69 Å². The van der Waals surface area contributed by atoms with Crippen molar-refractivity contribution in [3.05, 3.63) is 33.9 Å². The molecule has 18 heavy (non-hydrogen) atoms. The Hall–Kier alpha value is -1.74. The van der Waals surface area contributed by atoms with Gasteiger partial charge in [0, 0.05) is 31.0 Å². The number of hydrogen-bond acceptors (Lipinski definition) is 5. The summed E-state index contributed by atoms with van der Waals surface area (Å²) in [4.78, 5) is 12.1. The minimum absolute atomic E-state index is 0.0544. The Morgan fingerprint density at radius 1 is 1.61 bits per heavy atom. The summed E-state index contributed by atoms with van der Waals surface area (Å²) in [6.07, 6.45) is 2.02. The van der Waals surface area contributed by atoms with Gasteiger partial charge in [-0.2, -0.15) is 17.0 Å². The lowest BCUT2D eigenvalue weighted by Crippen LogP contribution is -2.31. The Balaban J connectivity index is 3.10. The van der Waals surface area contributed by atoms with E-state index in [0.717, 1.165) is 11.4 Å². The molecular formula is C12H15N3O2S. The fourth-order valence-corrected chi connectivity index (χ4v) is 2.33. The van der Waals surface area contributed by atoms with Gasteiger partial charge >= 0.3 is 0 Å². The van der Waals surface area contributed by atoms with E-state index in [1.165, 1.54) is 12.1 Å². The third kappa shape index (κ3) is 3.14. The molecule has 0 N–H and O–H groups in total. The third-order valence-electron chi connectivity index (χ3n) is 2.76. The molecule has 1 atom stereocenters. The summed E-state index contributed by atoms with van der Waals surface area (Å²) in [6, 6.07) is 6.65. The van der Waals surface area contributed by atoms with Crippen molar-refractivity contribution in [2.24, 2.45) is 0 Å². The maximum atomic E-state index is 10.7. The van der Waals surface area contributed by atoms with E-state index in [2.05, 4.69) is 6.92 Å². The molecule has 5 nitrogen and oxygen atoms in total. The van der Waals surface area contributed by atoms with E-state index in [9.17, 15) is 10.1 Å². The molecule has 96 valence electrons. The minimum atomic E-state index is -0.490. The molecule has 0 aliphatic rings. The molecule has 0 bridgehead atoms. The van der Waals surface area contributed by atoms with Crippen molar-refractivity contribution in [2.75, 3.05) is 24.0 Å². The Kier molecular flexibility index (Phi) is 4.98. The summed E-state index contributed by atoms with van der Waals surface area (Å²) >= 11 is 1.72. The average Bonchev–Trinajstić information content (AvgIpc) is 2.37. The first-order valence-electron chi connectivity index (χ1n) is 5.41. The second kappa shape index (κ2) is 6.26. The summed E-state index contributed by atoms with van der Waals surface area (Å²) in [5, 5.41) is 19.7. The summed E-state index contributed by atoms with van der Waals surface area (Å²) < 4.78 is 0. The second-order valence-electron chi connectivity index (χ2n) is 3.99. The van der Waals surface area contributed by atoms with E-state index in [4.69, 9.17) is 5.26 Å². The molecule has 0 fully saturated rings. The fraction of sp³-hybridized carbons (Fsp3) is 0.417. The molecule has 0 heterocycles. The van der Waals surface area contributed by atoms with Crippen LogP contribution in [0.4, 0.5) is 11.4 Å². The highest BCUT2D eigenvalue weighted by Gasteiger charge is 2.16. The quantitative estimate of drug-likeness (QED) is 0.604. The van der Waals surface area contributed by atoms with Gasteiger partial charge in [-0.3, -0.25) is 10.1 Å². The van der Waals surface area contributed by atoms with Crippen molar-refractivity contribution in [3.63, 3.8) is 0 Å². The number of hydrogen-bond donors (Lipinski definition) is 0. The second-order valence-corrected chi connectivity index (χ2v) is 4.90. The molecule has 6 heteroatoms. The summed E-state index contributed by atoms with van der Waals surface area (Å²) in [5.74, 6) is 0.929. The van der Waals surface area contributed by atoms with Crippen molar-refractivity contribution < 1.29 is 4.92 Å². The van der Waals surface area contributed by atoms with Crippen LogP contribution in [0.2, 0.25) is 0 Å². The molecule has 0 aliphatic carbocycles. The Labute approximate surface area is 111 Å². The van der Waals surface area contributed by atoms with Gasteiger partial charge in [-0.1, -0.05) is 0 Å². The van der Waals surface area contributed by atoms with Gasteiger partial charge in [0.15, 0.2) is 0 Å². The van der Waals surface area contributed by atoms with E-state index in [-0.39, 0.29) is 11.7 Å². The number of nitro benzene ring substituents is 1.